The minimum absolute atomic E-state index is 0.0829. The summed E-state index contributed by atoms with van der Waals surface area (Å²) in [5, 5.41) is 0. The third kappa shape index (κ3) is 3.32. The molecule has 1 rings (SSSR count). The molecule has 0 radical (unpaired) electrons. The van der Waals surface area contributed by atoms with Gasteiger partial charge < -0.3 is 10.5 Å². The van der Waals surface area contributed by atoms with Crippen LogP contribution in [0.5, 0.6) is 0 Å². The number of rotatable bonds is 6. The first-order valence-electron chi connectivity index (χ1n) is 6.04. The molecule has 88 valence electrons. The summed E-state index contributed by atoms with van der Waals surface area (Å²) >= 11 is 0. The topological polar surface area (TPSA) is 35.2 Å². The van der Waals surface area contributed by atoms with E-state index in [1.807, 2.05) is 0 Å². The highest BCUT2D eigenvalue weighted by Gasteiger charge is 2.33. The maximum Gasteiger partial charge on any atom is 0.0685 e. The maximum atomic E-state index is 6.05. The van der Waals surface area contributed by atoms with Crippen molar-refractivity contribution < 1.29 is 4.74 Å². The Balaban J connectivity index is 2.64. The Bertz CT molecular complexity index is 235. The van der Waals surface area contributed by atoms with Gasteiger partial charge in [-0.1, -0.05) is 26.3 Å². The second-order valence-corrected chi connectivity index (χ2v) is 5.15. The Morgan fingerprint density at radius 3 is 2.47 bits per heavy atom. The Kier molecular flexibility index (Phi) is 4.35. The minimum Gasteiger partial charge on any atom is -0.377 e. The van der Waals surface area contributed by atoms with Crippen molar-refractivity contribution in [1.82, 2.24) is 0 Å². The fourth-order valence-corrected chi connectivity index (χ4v) is 1.70. The largest absolute Gasteiger partial charge is 0.377 e. The molecule has 1 atom stereocenters. The van der Waals surface area contributed by atoms with Gasteiger partial charge in [0.15, 0.2) is 0 Å². The lowest BCUT2D eigenvalue weighted by atomic mass is 9.78. The van der Waals surface area contributed by atoms with E-state index < -0.39 is 0 Å². The molecule has 0 bridgehead atoms. The van der Waals surface area contributed by atoms with E-state index in [0.717, 1.165) is 19.6 Å². The van der Waals surface area contributed by atoms with Gasteiger partial charge in [-0.05, 0) is 31.8 Å². The summed E-state index contributed by atoms with van der Waals surface area (Å²) in [7, 11) is 0. The van der Waals surface area contributed by atoms with Crippen LogP contribution in [0.2, 0.25) is 0 Å². The molecule has 0 spiro atoms. The molecule has 0 amide bonds. The number of hydrogen-bond acceptors (Lipinski definition) is 2. The number of allylic oxidation sites excluding steroid dienone is 1. The molecule has 0 heterocycles. The summed E-state index contributed by atoms with van der Waals surface area (Å²) in [6.45, 7) is 10.3. The zero-order valence-corrected chi connectivity index (χ0v) is 10.6. The van der Waals surface area contributed by atoms with E-state index in [0.29, 0.717) is 0 Å². The second kappa shape index (κ2) is 5.13. The highest BCUT2D eigenvalue weighted by Crippen LogP contribution is 2.41. The Labute approximate surface area is 93.9 Å². The predicted octanol–water partition coefficient (Wildman–Crippen LogP) is 2.88. The average molecular weight is 211 g/mol. The van der Waals surface area contributed by atoms with E-state index in [1.165, 1.54) is 18.4 Å². The number of hydrogen-bond donors (Lipinski definition) is 1. The number of nitrogens with two attached hydrogens (primary N) is 1. The molecule has 0 saturated heterocycles. The highest BCUT2D eigenvalue weighted by atomic mass is 16.5. The van der Waals surface area contributed by atoms with Crippen LogP contribution in [0.15, 0.2) is 11.1 Å². The lowest BCUT2D eigenvalue weighted by Crippen LogP contribution is -2.37. The SMILES string of the molecule is CCCOCC(=C1CC1)C(C)(C)C(C)N. The summed E-state index contributed by atoms with van der Waals surface area (Å²) in [6.07, 6.45) is 3.59. The second-order valence-electron chi connectivity index (χ2n) is 5.15. The van der Waals surface area contributed by atoms with E-state index in [2.05, 4.69) is 27.7 Å². The van der Waals surface area contributed by atoms with Gasteiger partial charge in [0.2, 0.25) is 0 Å². The summed E-state index contributed by atoms with van der Waals surface area (Å²) in [4.78, 5) is 0. The standard InChI is InChI=1S/C13H25NO/c1-5-8-15-9-12(11-6-7-11)13(3,4)10(2)14/h10H,5-9,14H2,1-4H3. The van der Waals surface area contributed by atoms with Gasteiger partial charge in [0, 0.05) is 18.1 Å². The summed E-state index contributed by atoms with van der Waals surface area (Å²) in [5.41, 5.74) is 9.16. The smallest absolute Gasteiger partial charge is 0.0685 e. The van der Waals surface area contributed by atoms with Gasteiger partial charge in [-0.2, -0.15) is 0 Å². The monoisotopic (exact) mass is 211 g/mol. The first-order chi connectivity index (χ1) is 7.00. The van der Waals surface area contributed by atoms with Crippen LogP contribution in [0, 0.1) is 5.41 Å². The Morgan fingerprint density at radius 1 is 1.47 bits per heavy atom. The van der Waals surface area contributed by atoms with Crippen molar-refractivity contribution in [2.24, 2.45) is 11.1 Å². The molecule has 2 nitrogen and oxygen atoms in total. The van der Waals surface area contributed by atoms with Crippen LogP contribution in [0.3, 0.4) is 0 Å². The van der Waals surface area contributed by atoms with Crippen molar-refractivity contribution in [1.29, 1.82) is 0 Å². The Hall–Kier alpha value is -0.340. The maximum absolute atomic E-state index is 6.05. The summed E-state index contributed by atoms with van der Waals surface area (Å²) in [5.74, 6) is 0. The molecule has 15 heavy (non-hydrogen) atoms. The van der Waals surface area contributed by atoms with Gasteiger partial charge in [0.05, 0.1) is 6.61 Å². The van der Waals surface area contributed by atoms with E-state index in [-0.39, 0.29) is 11.5 Å². The minimum atomic E-state index is 0.0829. The van der Waals surface area contributed by atoms with Crippen LogP contribution in [0.25, 0.3) is 0 Å². The molecule has 1 unspecified atom stereocenters. The normalized spacial score (nSPS) is 17.8. The first kappa shape index (κ1) is 12.7. The van der Waals surface area contributed by atoms with Gasteiger partial charge in [-0.15, -0.1) is 0 Å². The Morgan fingerprint density at radius 2 is 2.07 bits per heavy atom. The molecule has 0 aliphatic heterocycles. The van der Waals surface area contributed by atoms with Crippen LogP contribution >= 0.6 is 0 Å². The molecule has 0 aromatic heterocycles. The molecule has 1 aliphatic rings. The van der Waals surface area contributed by atoms with Gasteiger partial charge in [-0.3, -0.25) is 0 Å². The molecule has 0 aromatic rings. The molecular formula is C13H25NO. The van der Waals surface area contributed by atoms with Crippen LogP contribution in [0.4, 0.5) is 0 Å². The van der Waals surface area contributed by atoms with Crippen molar-refractivity contribution in [3.8, 4) is 0 Å². The molecule has 0 aromatic carbocycles. The number of ether oxygens (including phenoxy) is 1. The van der Waals surface area contributed by atoms with Crippen LogP contribution in [-0.2, 0) is 4.74 Å². The summed E-state index contributed by atoms with van der Waals surface area (Å²) in [6, 6.07) is 0.186. The fraction of sp³-hybridized carbons (Fsp3) is 0.846. The third-order valence-corrected chi connectivity index (χ3v) is 3.44. The first-order valence-corrected chi connectivity index (χ1v) is 6.04. The average Bonchev–Trinajstić information content (AvgIpc) is 2.95. The van der Waals surface area contributed by atoms with Gasteiger partial charge in [0.1, 0.15) is 0 Å². The van der Waals surface area contributed by atoms with Crippen molar-refractivity contribution in [2.45, 2.75) is 53.0 Å². The molecule has 1 saturated carbocycles. The summed E-state index contributed by atoms with van der Waals surface area (Å²) < 4.78 is 5.67. The van der Waals surface area contributed by atoms with E-state index >= 15 is 0 Å². The zero-order valence-electron chi connectivity index (χ0n) is 10.6. The van der Waals surface area contributed by atoms with E-state index in [9.17, 15) is 0 Å². The van der Waals surface area contributed by atoms with Crippen molar-refractivity contribution >= 4 is 0 Å². The molecule has 1 aliphatic carbocycles. The molecular weight excluding hydrogens is 186 g/mol. The predicted molar refractivity (Wildman–Crippen MR) is 64.8 cm³/mol. The van der Waals surface area contributed by atoms with E-state index in [4.69, 9.17) is 10.5 Å². The van der Waals surface area contributed by atoms with Crippen LogP contribution < -0.4 is 5.73 Å². The third-order valence-electron chi connectivity index (χ3n) is 3.44. The quantitative estimate of drug-likeness (QED) is 0.541. The van der Waals surface area contributed by atoms with Gasteiger partial charge >= 0.3 is 0 Å². The molecule has 2 N–H and O–H groups in total. The molecule has 1 fully saturated rings. The van der Waals surface area contributed by atoms with Crippen molar-refractivity contribution in [3.63, 3.8) is 0 Å². The highest BCUT2D eigenvalue weighted by molar-refractivity contribution is 5.31. The van der Waals surface area contributed by atoms with Gasteiger partial charge in [-0.25, -0.2) is 0 Å². The van der Waals surface area contributed by atoms with Crippen LogP contribution in [-0.4, -0.2) is 19.3 Å². The lowest BCUT2D eigenvalue weighted by molar-refractivity contribution is 0.139. The molecule has 2 heteroatoms. The van der Waals surface area contributed by atoms with Crippen LogP contribution in [0.1, 0.15) is 47.0 Å². The van der Waals surface area contributed by atoms with Crippen molar-refractivity contribution in [3.05, 3.63) is 11.1 Å². The lowest BCUT2D eigenvalue weighted by Gasteiger charge is -2.32. The van der Waals surface area contributed by atoms with Crippen molar-refractivity contribution in [2.75, 3.05) is 13.2 Å². The zero-order chi connectivity index (χ0) is 11.5. The fourth-order valence-electron chi connectivity index (χ4n) is 1.70. The van der Waals surface area contributed by atoms with E-state index in [1.54, 1.807) is 5.57 Å². The van der Waals surface area contributed by atoms with Gasteiger partial charge in [0.25, 0.3) is 0 Å².